The van der Waals surface area contributed by atoms with Gasteiger partial charge in [-0.05, 0) is 60.9 Å². The Morgan fingerprint density at radius 1 is 1.08 bits per heavy atom. The number of pyridine rings is 1. The van der Waals surface area contributed by atoms with Crippen LogP contribution in [0.2, 0.25) is 0 Å². The fourth-order valence-electron chi connectivity index (χ4n) is 4.50. The zero-order valence-electron chi connectivity index (χ0n) is 20.7. The molecule has 1 fully saturated rings. The molecule has 0 spiro atoms. The van der Waals surface area contributed by atoms with Crippen molar-refractivity contribution in [3.05, 3.63) is 88.9 Å². The maximum absolute atomic E-state index is 13.2. The number of amides is 1. The van der Waals surface area contributed by atoms with Crippen LogP contribution in [-0.4, -0.2) is 45.6 Å². The van der Waals surface area contributed by atoms with Gasteiger partial charge in [-0.3, -0.25) is 9.78 Å². The molecule has 0 aliphatic carbocycles. The van der Waals surface area contributed by atoms with Crippen LogP contribution >= 0.6 is 11.3 Å². The van der Waals surface area contributed by atoms with Crippen molar-refractivity contribution in [2.24, 2.45) is 0 Å². The number of benzene rings is 2. The lowest BCUT2D eigenvalue weighted by Crippen LogP contribution is -2.42. The van der Waals surface area contributed by atoms with E-state index in [-0.39, 0.29) is 5.91 Å². The van der Waals surface area contributed by atoms with Crippen LogP contribution in [0, 0.1) is 0 Å². The quantitative estimate of drug-likeness (QED) is 0.330. The molecule has 0 bridgehead atoms. The van der Waals surface area contributed by atoms with Gasteiger partial charge in [0.2, 0.25) is 0 Å². The summed E-state index contributed by atoms with van der Waals surface area (Å²) in [5.41, 5.74) is 2.82. The van der Waals surface area contributed by atoms with Crippen LogP contribution in [0.5, 0.6) is 5.75 Å². The van der Waals surface area contributed by atoms with Crippen molar-refractivity contribution >= 4 is 39.1 Å². The van der Waals surface area contributed by atoms with Gasteiger partial charge in [-0.2, -0.15) is 0 Å². The molecule has 0 saturated carbocycles. The fourth-order valence-corrected chi connectivity index (χ4v) is 7.08. The minimum Gasteiger partial charge on any atom is -0.497 e. The summed E-state index contributed by atoms with van der Waals surface area (Å²) in [5, 5.41) is 7.80. The summed E-state index contributed by atoms with van der Waals surface area (Å²) in [6.45, 7) is 2.75. The van der Waals surface area contributed by atoms with Gasteiger partial charge in [-0.1, -0.05) is 24.3 Å². The summed E-state index contributed by atoms with van der Waals surface area (Å²) >= 11 is 1.49. The zero-order chi connectivity index (χ0) is 25.6. The highest BCUT2D eigenvalue weighted by molar-refractivity contribution is 7.85. The molecular weight excluding hydrogens is 504 g/mol. The number of carbonyl (C=O) groups excluding carboxylic acids is 1. The lowest BCUT2D eigenvalue weighted by molar-refractivity contribution is 0.0951. The van der Waals surface area contributed by atoms with E-state index in [2.05, 4.69) is 27.8 Å². The first-order valence-electron chi connectivity index (χ1n) is 12.3. The second-order valence-corrected chi connectivity index (χ2v) is 11.8. The van der Waals surface area contributed by atoms with Gasteiger partial charge in [-0.15, -0.1) is 11.3 Å². The molecule has 1 aliphatic rings. The number of ether oxygens (including phenoxy) is 1. The smallest absolute Gasteiger partial charge is 0.251 e. The van der Waals surface area contributed by atoms with Crippen LogP contribution in [0.4, 0.5) is 0 Å². The topological polar surface area (TPSA) is 83.6 Å². The number of fused-ring (bicyclic) bond motifs is 1. The van der Waals surface area contributed by atoms with E-state index in [9.17, 15) is 9.00 Å². The Labute approximate surface area is 223 Å². The average Bonchev–Trinajstić information content (AvgIpc) is 3.44. The predicted octanol–water partition coefficient (Wildman–Crippen LogP) is 4.51. The molecule has 1 aliphatic heterocycles. The van der Waals surface area contributed by atoms with Gasteiger partial charge >= 0.3 is 0 Å². The minimum atomic E-state index is -1.19. The Hall–Kier alpha value is -3.11. The Balaban J connectivity index is 1.10. The Bertz CT molecular complexity index is 1390. The maximum atomic E-state index is 13.2. The summed E-state index contributed by atoms with van der Waals surface area (Å²) in [7, 11) is 0.386. The van der Waals surface area contributed by atoms with Crippen molar-refractivity contribution in [3.8, 4) is 5.75 Å². The van der Waals surface area contributed by atoms with E-state index in [1.54, 1.807) is 31.4 Å². The highest BCUT2D eigenvalue weighted by Crippen LogP contribution is 2.25. The largest absolute Gasteiger partial charge is 0.497 e. The zero-order valence-corrected chi connectivity index (χ0v) is 22.3. The normalized spacial score (nSPS) is 15.5. The van der Waals surface area contributed by atoms with Gasteiger partial charge < -0.3 is 15.4 Å². The molecule has 192 valence electrons. The number of nitrogens with one attached hydrogen (secondary N) is 2. The first kappa shape index (κ1) is 25.5. The summed E-state index contributed by atoms with van der Waals surface area (Å²) in [6.07, 6.45) is 3.76. The Kier molecular flexibility index (Phi) is 8.25. The van der Waals surface area contributed by atoms with E-state index in [1.165, 1.54) is 22.3 Å². The second-order valence-electron chi connectivity index (χ2n) is 8.96. The number of aromatic nitrogens is 1. The molecular formula is C28H30N4O3S2. The van der Waals surface area contributed by atoms with Crippen LogP contribution in [0.25, 0.3) is 10.9 Å². The average molecular weight is 535 g/mol. The molecule has 37 heavy (non-hydrogen) atoms. The molecule has 1 amide bonds. The van der Waals surface area contributed by atoms with E-state index in [4.69, 9.17) is 4.74 Å². The summed E-state index contributed by atoms with van der Waals surface area (Å²) < 4.78 is 21.2. The third kappa shape index (κ3) is 6.24. The molecule has 9 heteroatoms. The van der Waals surface area contributed by atoms with Crippen molar-refractivity contribution in [2.45, 2.75) is 36.2 Å². The summed E-state index contributed by atoms with van der Waals surface area (Å²) in [5.74, 6) is 0.482. The van der Waals surface area contributed by atoms with E-state index in [0.29, 0.717) is 23.9 Å². The number of para-hydroxylation sites is 1. The molecule has 1 atom stereocenters. The molecule has 0 radical (unpaired) electrons. The first-order chi connectivity index (χ1) is 18.1. The molecule has 5 rings (SSSR count). The van der Waals surface area contributed by atoms with Crippen LogP contribution < -0.4 is 15.4 Å². The van der Waals surface area contributed by atoms with Gasteiger partial charge in [0, 0.05) is 47.7 Å². The van der Waals surface area contributed by atoms with Gasteiger partial charge in [0.15, 0.2) is 0 Å². The lowest BCUT2D eigenvalue weighted by Gasteiger charge is -2.31. The van der Waals surface area contributed by atoms with Gasteiger partial charge in [-0.25, -0.2) is 8.51 Å². The van der Waals surface area contributed by atoms with E-state index >= 15 is 0 Å². The molecule has 4 aromatic rings. The van der Waals surface area contributed by atoms with E-state index in [1.807, 2.05) is 40.8 Å². The van der Waals surface area contributed by atoms with Crippen LogP contribution in [0.1, 0.15) is 33.6 Å². The number of thiophene rings is 1. The third-order valence-corrected chi connectivity index (χ3v) is 9.45. The Morgan fingerprint density at radius 2 is 1.92 bits per heavy atom. The molecule has 2 N–H and O–H groups in total. The molecule has 2 aromatic carbocycles. The highest BCUT2D eigenvalue weighted by Gasteiger charge is 2.24. The standard InChI is InChI=1S/C28H30N4O3S2/c1-35-23-6-4-5-20(17-23)28(33)31-19-24-9-10-27(36-24)37(34)32-15-12-22(13-16-32)30-18-21-11-14-29-26-8-3-2-7-25(21)26/h2-11,14,17,22,30H,12-13,15-16,18-19H2,1H3,(H,31,33). The van der Waals surface area contributed by atoms with Gasteiger partial charge in [0.25, 0.3) is 5.91 Å². The lowest BCUT2D eigenvalue weighted by atomic mass is 10.1. The minimum absolute atomic E-state index is 0.163. The molecule has 2 aromatic heterocycles. The SMILES string of the molecule is COc1cccc(C(=O)NCc2ccc(S(=O)N3CCC(NCc4ccnc5ccccc45)CC3)s2)c1. The molecule has 3 heterocycles. The third-order valence-electron chi connectivity index (χ3n) is 6.57. The number of carbonyl (C=O) groups is 1. The maximum Gasteiger partial charge on any atom is 0.251 e. The highest BCUT2D eigenvalue weighted by atomic mass is 32.2. The monoisotopic (exact) mass is 534 g/mol. The van der Waals surface area contributed by atoms with Crippen molar-refractivity contribution in [1.82, 2.24) is 19.9 Å². The van der Waals surface area contributed by atoms with E-state index in [0.717, 1.165) is 47.1 Å². The fraction of sp³-hybridized carbons (Fsp3) is 0.286. The predicted molar refractivity (Wildman–Crippen MR) is 148 cm³/mol. The molecule has 1 saturated heterocycles. The van der Waals surface area contributed by atoms with E-state index < -0.39 is 11.0 Å². The Morgan fingerprint density at radius 3 is 2.76 bits per heavy atom. The van der Waals surface area contributed by atoms with Crippen molar-refractivity contribution in [2.75, 3.05) is 20.2 Å². The van der Waals surface area contributed by atoms with Crippen molar-refractivity contribution in [3.63, 3.8) is 0 Å². The van der Waals surface area contributed by atoms with Crippen LogP contribution in [0.15, 0.2) is 77.1 Å². The van der Waals surface area contributed by atoms with Gasteiger partial charge in [0.05, 0.1) is 19.2 Å². The van der Waals surface area contributed by atoms with Crippen molar-refractivity contribution < 1.29 is 13.7 Å². The summed E-state index contributed by atoms with van der Waals surface area (Å²) in [4.78, 5) is 17.9. The van der Waals surface area contributed by atoms with Gasteiger partial charge in [0.1, 0.15) is 20.9 Å². The number of nitrogens with zero attached hydrogens (tertiary/aromatic N) is 2. The summed E-state index contributed by atoms with van der Waals surface area (Å²) in [6, 6.07) is 21.6. The number of piperidine rings is 1. The second kappa shape index (κ2) is 12.0. The first-order valence-corrected chi connectivity index (χ1v) is 14.3. The molecule has 1 unspecified atom stereocenters. The molecule has 7 nitrogen and oxygen atoms in total. The van der Waals surface area contributed by atoms with Crippen molar-refractivity contribution in [1.29, 1.82) is 0 Å². The number of rotatable bonds is 9. The van der Waals surface area contributed by atoms with Crippen LogP contribution in [-0.2, 0) is 24.1 Å². The number of hydrogen-bond donors (Lipinski definition) is 2. The van der Waals surface area contributed by atoms with Crippen LogP contribution in [0.3, 0.4) is 0 Å². The number of methoxy groups -OCH3 is 1. The number of hydrogen-bond acceptors (Lipinski definition) is 6.